The molecule has 0 bridgehead atoms. The molecule has 1 aromatic rings. The monoisotopic (exact) mass is 227 g/mol. The van der Waals surface area contributed by atoms with Gasteiger partial charge in [-0.3, -0.25) is 4.79 Å². The summed E-state index contributed by atoms with van der Waals surface area (Å²) >= 11 is 0. The number of carbonyl (C=O) groups is 1. The Balaban J connectivity index is 2.48. The van der Waals surface area contributed by atoms with E-state index in [0.717, 1.165) is 5.56 Å². The molecule has 86 valence electrons. The van der Waals surface area contributed by atoms with E-state index in [0.29, 0.717) is 24.2 Å². The average Bonchev–Trinajstić information content (AvgIpc) is 2.63. The molecule has 1 aliphatic carbocycles. The van der Waals surface area contributed by atoms with E-state index in [-0.39, 0.29) is 5.78 Å². The highest BCUT2D eigenvalue weighted by Gasteiger charge is 2.45. The zero-order chi connectivity index (χ0) is 12.5. The maximum absolute atomic E-state index is 12.2. The van der Waals surface area contributed by atoms with Crippen molar-refractivity contribution in [2.24, 2.45) is 5.41 Å². The highest BCUT2D eigenvalue weighted by Crippen LogP contribution is 2.40. The lowest BCUT2D eigenvalue weighted by Gasteiger charge is -2.15. The molecule has 0 saturated heterocycles. The summed E-state index contributed by atoms with van der Waals surface area (Å²) in [7, 11) is 1.58. The Hall–Kier alpha value is -2.08. The molecule has 0 unspecified atom stereocenters. The Kier molecular flexibility index (Phi) is 2.72. The smallest absolute Gasteiger partial charge is 0.183 e. The molecule has 3 nitrogen and oxygen atoms in total. The predicted octanol–water partition coefficient (Wildman–Crippen LogP) is 2.52. The molecule has 0 spiro atoms. The average molecular weight is 227 g/mol. The van der Waals surface area contributed by atoms with E-state index in [1.807, 2.05) is 6.07 Å². The Bertz CT molecular complexity index is 528. The molecular weight excluding hydrogens is 214 g/mol. The standard InChI is InChI=1S/C14H13NO2/c1-3-6-14(9-15)8-10-7-11(17-2)4-5-12(10)13(14)16/h3-5,7H,1,6,8H2,2H3/t14-/m0/s1. The number of carbonyl (C=O) groups excluding carboxylic acids is 1. The van der Waals surface area contributed by atoms with Gasteiger partial charge in [0.25, 0.3) is 0 Å². The summed E-state index contributed by atoms with van der Waals surface area (Å²) in [6.07, 6.45) is 2.46. The molecule has 0 N–H and O–H groups in total. The number of nitriles is 1. The van der Waals surface area contributed by atoms with Gasteiger partial charge >= 0.3 is 0 Å². The third-order valence-corrected chi connectivity index (χ3v) is 3.19. The van der Waals surface area contributed by atoms with Gasteiger partial charge in [-0.2, -0.15) is 5.26 Å². The fourth-order valence-electron chi connectivity index (χ4n) is 2.28. The number of ketones is 1. The van der Waals surface area contributed by atoms with Crippen molar-refractivity contribution in [2.45, 2.75) is 12.8 Å². The SMILES string of the molecule is C=CC[C@@]1(C#N)Cc2cc(OC)ccc2C1=O. The van der Waals surface area contributed by atoms with Crippen LogP contribution in [0.15, 0.2) is 30.9 Å². The van der Waals surface area contributed by atoms with Crippen LogP contribution in [0.5, 0.6) is 5.75 Å². The quantitative estimate of drug-likeness (QED) is 0.745. The number of fused-ring (bicyclic) bond motifs is 1. The van der Waals surface area contributed by atoms with Crippen LogP contribution in [0.3, 0.4) is 0 Å². The van der Waals surface area contributed by atoms with Crippen molar-refractivity contribution in [1.82, 2.24) is 0 Å². The van der Waals surface area contributed by atoms with E-state index in [1.165, 1.54) is 0 Å². The molecule has 17 heavy (non-hydrogen) atoms. The van der Waals surface area contributed by atoms with Gasteiger partial charge in [0.2, 0.25) is 0 Å². The molecule has 0 heterocycles. The van der Waals surface area contributed by atoms with Crippen LogP contribution in [0.25, 0.3) is 0 Å². The summed E-state index contributed by atoms with van der Waals surface area (Å²) in [5.74, 6) is 0.612. The number of ether oxygens (including phenoxy) is 1. The second-order valence-corrected chi connectivity index (χ2v) is 4.22. The normalized spacial score (nSPS) is 21.8. The summed E-state index contributed by atoms with van der Waals surface area (Å²) in [5, 5.41) is 9.27. The Morgan fingerprint density at radius 2 is 2.41 bits per heavy atom. The number of hydrogen-bond acceptors (Lipinski definition) is 3. The van der Waals surface area contributed by atoms with Crippen LogP contribution in [-0.2, 0) is 6.42 Å². The predicted molar refractivity (Wildman–Crippen MR) is 63.9 cm³/mol. The Morgan fingerprint density at radius 1 is 1.65 bits per heavy atom. The summed E-state index contributed by atoms with van der Waals surface area (Å²) in [4.78, 5) is 12.2. The van der Waals surface area contributed by atoms with Crippen LogP contribution >= 0.6 is 0 Å². The minimum atomic E-state index is -0.962. The van der Waals surface area contributed by atoms with Crippen molar-refractivity contribution in [3.63, 3.8) is 0 Å². The zero-order valence-electron chi connectivity index (χ0n) is 9.69. The van der Waals surface area contributed by atoms with E-state index < -0.39 is 5.41 Å². The molecule has 0 saturated carbocycles. The van der Waals surface area contributed by atoms with Crippen molar-refractivity contribution in [2.75, 3.05) is 7.11 Å². The van der Waals surface area contributed by atoms with Gasteiger partial charge in [0.1, 0.15) is 11.2 Å². The van der Waals surface area contributed by atoms with Gasteiger partial charge in [-0.05, 0) is 36.6 Å². The van der Waals surface area contributed by atoms with E-state index in [4.69, 9.17) is 4.74 Å². The number of hydrogen-bond donors (Lipinski definition) is 0. The summed E-state index contributed by atoms with van der Waals surface area (Å²) in [6, 6.07) is 7.46. The maximum atomic E-state index is 12.2. The number of benzene rings is 1. The number of nitrogens with zero attached hydrogens (tertiary/aromatic N) is 1. The number of methoxy groups -OCH3 is 1. The first kappa shape index (κ1) is 11.4. The van der Waals surface area contributed by atoms with Gasteiger partial charge in [0.05, 0.1) is 13.2 Å². The minimum absolute atomic E-state index is 0.0995. The van der Waals surface area contributed by atoms with Crippen LogP contribution < -0.4 is 4.74 Å². The largest absolute Gasteiger partial charge is 0.497 e. The highest BCUT2D eigenvalue weighted by atomic mass is 16.5. The molecule has 2 rings (SSSR count). The first-order valence-electron chi connectivity index (χ1n) is 5.41. The molecular formula is C14H13NO2. The molecule has 3 heteroatoms. The molecule has 1 atom stereocenters. The van der Waals surface area contributed by atoms with Crippen molar-refractivity contribution in [3.05, 3.63) is 42.0 Å². The summed E-state index contributed by atoms with van der Waals surface area (Å²) in [5.41, 5.74) is 0.558. The molecule has 0 radical (unpaired) electrons. The molecule has 0 fully saturated rings. The number of rotatable bonds is 3. The molecule has 0 amide bonds. The topological polar surface area (TPSA) is 50.1 Å². The van der Waals surface area contributed by atoms with Crippen LogP contribution in [0, 0.1) is 16.7 Å². The molecule has 1 aliphatic rings. The van der Waals surface area contributed by atoms with Crippen LogP contribution in [0.1, 0.15) is 22.3 Å². The number of allylic oxidation sites excluding steroid dienone is 1. The number of Topliss-reactive ketones (excluding diaryl/α,β-unsaturated/α-hetero) is 1. The zero-order valence-corrected chi connectivity index (χ0v) is 9.69. The highest BCUT2D eigenvalue weighted by molar-refractivity contribution is 6.06. The van der Waals surface area contributed by atoms with E-state index in [2.05, 4.69) is 12.6 Å². The van der Waals surface area contributed by atoms with Crippen molar-refractivity contribution >= 4 is 5.78 Å². The first-order chi connectivity index (χ1) is 8.16. The van der Waals surface area contributed by atoms with Crippen LogP contribution in [0.2, 0.25) is 0 Å². The van der Waals surface area contributed by atoms with Crippen molar-refractivity contribution in [1.29, 1.82) is 5.26 Å². The Morgan fingerprint density at radius 3 is 3.00 bits per heavy atom. The lowest BCUT2D eigenvalue weighted by atomic mass is 9.82. The minimum Gasteiger partial charge on any atom is -0.497 e. The summed E-state index contributed by atoms with van der Waals surface area (Å²) < 4.78 is 5.12. The molecule has 1 aromatic carbocycles. The third-order valence-electron chi connectivity index (χ3n) is 3.19. The molecule has 0 aliphatic heterocycles. The van der Waals surface area contributed by atoms with Crippen LogP contribution in [-0.4, -0.2) is 12.9 Å². The maximum Gasteiger partial charge on any atom is 0.183 e. The van der Waals surface area contributed by atoms with Gasteiger partial charge in [-0.25, -0.2) is 0 Å². The molecule has 0 aromatic heterocycles. The van der Waals surface area contributed by atoms with Crippen molar-refractivity contribution in [3.8, 4) is 11.8 Å². The van der Waals surface area contributed by atoms with Gasteiger partial charge in [0, 0.05) is 5.56 Å². The van der Waals surface area contributed by atoms with E-state index in [9.17, 15) is 10.1 Å². The Labute approximate surface area is 100 Å². The third kappa shape index (κ3) is 1.62. The van der Waals surface area contributed by atoms with Gasteiger partial charge in [-0.1, -0.05) is 6.08 Å². The first-order valence-corrected chi connectivity index (χ1v) is 5.41. The lowest BCUT2D eigenvalue weighted by molar-refractivity contribution is 0.0884. The second-order valence-electron chi connectivity index (χ2n) is 4.22. The van der Waals surface area contributed by atoms with Gasteiger partial charge in [0.15, 0.2) is 5.78 Å². The van der Waals surface area contributed by atoms with E-state index in [1.54, 1.807) is 25.3 Å². The summed E-state index contributed by atoms with van der Waals surface area (Å²) in [6.45, 7) is 3.62. The van der Waals surface area contributed by atoms with Crippen LogP contribution in [0.4, 0.5) is 0 Å². The fraction of sp³-hybridized carbons (Fsp3) is 0.286. The van der Waals surface area contributed by atoms with E-state index >= 15 is 0 Å². The van der Waals surface area contributed by atoms with Gasteiger partial charge in [-0.15, -0.1) is 6.58 Å². The van der Waals surface area contributed by atoms with Crippen molar-refractivity contribution < 1.29 is 9.53 Å². The lowest BCUT2D eigenvalue weighted by Crippen LogP contribution is -2.25. The fourth-order valence-corrected chi connectivity index (χ4v) is 2.28. The van der Waals surface area contributed by atoms with Gasteiger partial charge < -0.3 is 4.74 Å². The second kappa shape index (κ2) is 4.06.